The Morgan fingerprint density at radius 2 is 2.25 bits per heavy atom. The van der Waals surface area contributed by atoms with Crippen molar-refractivity contribution in [2.24, 2.45) is 10.9 Å². The first-order valence-corrected chi connectivity index (χ1v) is 10.3. The molecule has 1 saturated heterocycles. The Morgan fingerprint density at radius 3 is 2.89 bits per heavy atom. The molecule has 0 amide bonds. The third kappa shape index (κ3) is 9.56. The third-order valence-corrected chi connectivity index (χ3v) is 4.58. The minimum atomic E-state index is 0. The van der Waals surface area contributed by atoms with Crippen LogP contribution in [0.4, 0.5) is 0 Å². The van der Waals surface area contributed by atoms with Crippen molar-refractivity contribution in [1.29, 1.82) is 0 Å². The summed E-state index contributed by atoms with van der Waals surface area (Å²) in [5, 5.41) is 11.2. The highest BCUT2D eigenvalue weighted by atomic mass is 127. The van der Waals surface area contributed by atoms with Crippen molar-refractivity contribution >= 4 is 29.9 Å². The normalized spacial score (nSPS) is 18.0. The zero-order chi connectivity index (χ0) is 19.5. The molecule has 2 unspecified atom stereocenters. The summed E-state index contributed by atoms with van der Waals surface area (Å²) < 4.78 is 13.3. The van der Waals surface area contributed by atoms with Gasteiger partial charge in [-0.15, -0.1) is 24.0 Å². The summed E-state index contributed by atoms with van der Waals surface area (Å²) >= 11 is 0. The number of guanidine groups is 1. The lowest BCUT2D eigenvalue weighted by Crippen LogP contribution is -2.38. The molecule has 2 N–H and O–H groups in total. The number of hydrogen-bond acceptors (Lipinski definition) is 4. The van der Waals surface area contributed by atoms with E-state index in [1.165, 1.54) is 5.69 Å². The Morgan fingerprint density at radius 1 is 1.43 bits per heavy atom. The molecule has 2 heterocycles. The van der Waals surface area contributed by atoms with E-state index in [9.17, 15) is 0 Å². The number of rotatable bonds is 11. The molecule has 7 nitrogen and oxygen atoms in total. The van der Waals surface area contributed by atoms with Crippen LogP contribution in [0.2, 0.25) is 0 Å². The molecule has 0 radical (unpaired) electrons. The quantitative estimate of drug-likeness (QED) is 0.209. The molecule has 1 aromatic heterocycles. The first kappa shape index (κ1) is 25.2. The van der Waals surface area contributed by atoms with Gasteiger partial charge in [-0.1, -0.05) is 6.92 Å². The molecule has 1 aromatic rings. The van der Waals surface area contributed by atoms with Gasteiger partial charge in [-0.3, -0.25) is 9.67 Å². The first-order valence-electron chi connectivity index (χ1n) is 10.3. The number of aryl methyl sites for hydroxylation is 2. The summed E-state index contributed by atoms with van der Waals surface area (Å²) in [7, 11) is 0. The maximum atomic E-state index is 5.70. The van der Waals surface area contributed by atoms with Gasteiger partial charge in [0, 0.05) is 45.1 Å². The summed E-state index contributed by atoms with van der Waals surface area (Å²) in [4.78, 5) is 4.72. The van der Waals surface area contributed by atoms with E-state index >= 15 is 0 Å². The maximum absolute atomic E-state index is 5.70. The largest absolute Gasteiger partial charge is 0.379 e. The van der Waals surface area contributed by atoms with Crippen molar-refractivity contribution in [2.45, 2.75) is 59.6 Å². The number of aliphatic imine (C=N–C) groups is 1. The van der Waals surface area contributed by atoms with Gasteiger partial charge in [0.2, 0.25) is 0 Å². The molecule has 1 aliphatic heterocycles. The van der Waals surface area contributed by atoms with E-state index in [1.807, 2.05) is 6.92 Å². The number of nitrogens with one attached hydrogen (secondary N) is 2. The highest BCUT2D eigenvalue weighted by Gasteiger charge is 2.14. The summed E-state index contributed by atoms with van der Waals surface area (Å²) in [6.45, 7) is 14.1. The van der Waals surface area contributed by atoms with Gasteiger partial charge in [-0.2, -0.15) is 5.10 Å². The molecule has 0 aliphatic carbocycles. The first-order chi connectivity index (χ1) is 13.1. The number of nitrogens with zero attached hydrogens (tertiary/aromatic N) is 3. The molecule has 0 bridgehead atoms. The fourth-order valence-corrected chi connectivity index (χ4v) is 3.17. The molecule has 0 spiro atoms. The molecule has 162 valence electrons. The van der Waals surface area contributed by atoms with Crippen molar-refractivity contribution in [2.75, 3.05) is 39.5 Å². The number of halogens is 1. The van der Waals surface area contributed by atoms with Crippen LogP contribution in [-0.4, -0.2) is 61.3 Å². The van der Waals surface area contributed by atoms with E-state index in [0.29, 0.717) is 12.0 Å². The predicted octanol–water partition coefficient (Wildman–Crippen LogP) is 2.89. The Balaban J connectivity index is 0.00000392. The van der Waals surface area contributed by atoms with Crippen LogP contribution in [-0.2, 0) is 16.0 Å². The van der Waals surface area contributed by atoms with Crippen LogP contribution in [0, 0.1) is 19.8 Å². The number of aromatic nitrogens is 2. The molecule has 0 saturated carbocycles. The van der Waals surface area contributed by atoms with Gasteiger partial charge < -0.3 is 20.1 Å². The van der Waals surface area contributed by atoms with Gasteiger partial charge in [0.25, 0.3) is 0 Å². The Hall–Kier alpha value is -0.870. The second-order valence-electron chi connectivity index (χ2n) is 7.42. The molecule has 2 rings (SSSR count). The van der Waals surface area contributed by atoms with Crippen LogP contribution in [0.5, 0.6) is 0 Å². The second kappa shape index (κ2) is 14.2. The lowest BCUT2D eigenvalue weighted by atomic mass is 10.2. The van der Waals surface area contributed by atoms with E-state index in [4.69, 9.17) is 14.5 Å². The van der Waals surface area contributed by atoms with Crippen LogP contribution in [0.15, 0.2) is 11.1 Å². The average Bonchev–Trinajstić information content (AvgIpc) is 3.25. The lowest BCUT2D eigenvalue weighted by Gasteiger charge is -2.14. The van der Waals surface area contributed by atoms with Gasteiger partial charge in [-0.05, 0) is 52.0 Å². The number of hydrogen-bond donors (Lipinski definition) is 2. The van der Waals surface area contributed by atoms with Gasteiger partial charge in [0.05, 0.1) is 18.4 Å². The van der Waals surface area contributed by atoms with E-state index in [0.717, 1.165) is 76.9 Å². The van der Waals surface area contributed by atoms with Crippen molar-refractivity contribution < 1.29 is 9.47 Å². The molecule has 1 aliphatic rings. The molecule has 2 atom stereocenters. The summed E-state index contributed by atoms with van der Waals surface area (Å²) in [5.41, 5.74) is 2.27. The Kier molecular flexibility index (Phi) is 12.7. The molecular formula is C20H38IN5O2. The van der Waals surface area contributed by atoms with Gasteiger partial charge >= 0.3 is 0 Å². The van der Waals surface area contributed by atoms with Crippen molar-refractivity contribution in [3.63, 3.8) is 0 Å². The summed E-state index contributed by atoms with van der Waals surface area (Å²) in [6.07, 6.45) is 3.56. The van der Waals surface area contributed by atoms with Gasteiger partial charge in [0.15, 0.2) is 5.96 Å². The van der Waals surface area contributed by atoms with Crippen LogP contribution >= 0.6 is 24.0 Å². The monoisotopic (exact) mass is 507 g/mol. The topological polar surface area (TPSA) is 72.7 Å². The maximum Gasteiger partial charge on any atom is 0.191 e. The zero-order valence-corrected chi connectivity index (χ0v) is 20.2. The second-order valence-corrected chi connectivity index (χ2v) is 7.42. The van der Waals surface area contributed by atoms with Gasteiger partial charge in [-0.25, -0.2) is 0 Å². The molecule has 28 heavy (non-hydrogen) atoms. The van der Waals surface area contributed by atoms with Crippen LogP contribution in [0.3, 0.4) is 0 Å². The Bertz CT molecular complexity index is 573. The van der Waals surface area contributed by atoms with E-state index in [1.54, 1.807) is 0 Å². The molecular weight excluding hydrogens is 469 g/mol. The average molecular weight is 507 g/mol. The lowest BCUT2D eigenvalue weighted by molar-refractivity contribution is 0.0168. The summed E-state index contributed by atoms with van der Waals surface area (Å²) in [6, 6.07) is 2.11. The van der Waals surface area contributed by atoms with E-state index < -0.39 is 0 Å². The fraction of sp³-hybridized carbons (Fsp3) is 0.800. The van der Waals surface area contributed by atoms with Gasteiger partial charge in [0.1, 0.15) is 0 Å². The number of ether oxygens (including phenoxy) is 2. The van der Waals surface area contributed by atoms with Crippen molar-refractivity contribution in [3.8, 4) is 0 Å². The minimum Gasteiger partial charge on any atom is -0.379 e. The fourth-order valence-electron chi connectivity index (χ4n) is 3.17. The molecule has 1 fully saturated rings. The Labute approximate surface area is 187 Å². The molecule has 0 aromatic carbocycles. The highest BCUT2D eigenvalue weighted by Crippen LogP contribution is 2.11. The third-order valence-electron chi connectivity index (χ3n) is 4.58. The smallest absolute Gasteiger partial charge is 0.191 e. The zero-order valence-electron chi connectivity index (χ0n) is 17.9. The van der Waals surface area contributed by atoms with E-state index in [-0.39, 0.29) is 24.0 Å². The predicted molar refractivity (Wildman–Crippen MR) is 125 cm³/mol. The summed E-state index contributed by atoms with van der Waals surface area (Å²) in [5.74, 6) is 1.30. The van der Waals surface area contributed by atoms with Crippen LogP contribution in [0.1, 0.15) is 44.5 Å². The van der Waals surface area contributed by atoms with Crippen LogP contribution < -0.4 is 10.6 Å². The standard InChI is InChI=1S/C20H37N5O2.HI/c1-5-21-20(22-9-7-10-26-15-19-8-6-11-27-19)23-13-16(2)14-25-18(4)12-17(3)24-25;/h12,16,19H,5-11,13-15H2,1-4H3,(H2,21,22,23);1H. The molecule has 8 heteroatoms. The van der Waals surface area contributed by atoms with E-state index in [2.05, 4.69) is 47.3 Å². The van der Waals surface area contributed by atoms with Crippen LogP contribution in [0.25, 0.3) is 0 Å². The SMILES string of the molecule is CCNC(=NCC(C)Cn1nc(C)cc1C)NCCCOCC1CCCO1.I. The highest BCUT2D eigenvalue weighted by molar-refractivity contribution is 14.0. The van der Waals surface area contributed by atoms with Crippen molar-refractivity contribution in [3.05, 3.63) is 17.5 Å². The van der Waals surface area contributed by atoms with Crippen molar-refractivity contribution in [1.82, 2.24) is 20.4 Å². The minimum absolute atomic E-state index is 0.